The Kier molecular flexibility index (Phi) is 27.3. The van der Waals surface area contributed by atoms with Crippen molar-refractivity contribution in [3.8, 4) is 0 Å². The first kappa shape index (κ1) is 98.6. The van der Waals surface area contributed by atoms with Crippen LogP contribution in [0.25, 0.3) is 0 Å². The summed E-state index contributed by atoms with van der Waals surface area (Å²) in [4.78, 5) is 0. The quantitative estimate of drug-likeness (QED) is 0.0495. The molecule has 0 aliphatic carbocycles. The van der Waals surface area contributed by atoms with Crippen LogP contribution < -0.4 is 49.4 Å². The zero-order valence-electron chi connectivity index (χ0n) is 61.9. The molecule has 672 valence electrons. The van der Waals surface area contributed by atoms with Gasteiger partial charge in [-0.05, 0) is 0 Å². The first-order valence-electron chi connectivity index (χ1n) is 34.3. The Hall–Kier alpha value is -10.5. The van der Waals surface area contributed by atoms with Gasteiger partial charge >= 0.3 is 692 Å². The minimum atomic E-state index is -9.74. The van der Waals surface area contributed by atoms with E-state index in [-0.39, 0.29) is 78.1 Å². The van der Waals surface area contributed by atoms with E-state index in [2.05, 4.69) is 0 Å². The van der Waals surface area contributed by atoms with E-state index in [0.29, 0.717) is 35.4 Å². The number of hydrogen-bond acceptors (Lipinski definition) is 0. The van der Waals surface area contributed by atoms with Crippen LogP contribution in [0.15, 0.2) is 121 Å². The molecule has 127 heavy (non-hydrogen) atoms. The predicted molar refractivity (Wildman–Crippen MR) is 368 cm³/mol. The fourth-order valence-electron chi connectivity index (χ4n) is 15.4. The van der Waals surface area contributed by atoms with Crippen LogP contribution in [0.2, 0.25) is 0 Å². The van der Waals surface area contributed by atoms with Gasteiger partial charge in [0.15, 0.2) is 0 Å². The molecule has 0 saturated carbocycles. The van der Waals surface area contributed by atoms with Gasteiger partial charge in [-0.3, -0.25) is 0 Å². The Balaban J connectivity index is 0.000000200. The summed E-state index contributed by atoms with van der Waals surface area (Å²) < 4.78 is 617. The summed E-state index contributed by atoms with van der Waals surface area (Å²) in [5.41, 5.74) is -5.10. The van der Waals surface area contributed by atoms with Gasteiger partial charge < -0.3 is 0 Å². The summed E-state index contributed by atoms with van der Waals surface area (Å²) in [5.74, 6) is -94.1. The number of aryl methyl sites for hydroxylation is 4. The van der Waals surface area contributed by atoms with Crippen LogP contribution in [0.5, 0.6) is 0 Å². The van der Waals surface area contributed by atoms with Gasteiger partial charge in [-0.25, -0.2) is 0 Å². The van der Waals surface area contributed by atoms with Crippen LogP contribution in [0, 0.1) is 214 Å². The molecule has 0 unspecified atom stereocenters. The number of halogens is 44. The van der Waals surface area contributed by atoms with Crippen molar-refractivity contribution < 1.29 is 193 Å². The zero-order chi connectivity index (χ0) is 95.7. The number of alkyl halides is 12. The van der Waals surface area contributed by atoms with E-state index in [4.69, 9.17) is 0 Å². The number of hydrogen-bond donors (Lipinski definition) is 0. The second-order valence-electron chi connectivity index (χ2n) is 28.2. The summed E-state index contributed by atoms with van der Waals surface area (Å²) >= 11 is -21.9. The third kappa shape index (κ3) is 17.3. The minimum absolute atomic E-state index is 0.0323. The standard InChI is InChI=1S/C8H3F6.2C8H6F3.C8H9.4C6F5.4C6H2F3.3Ga/c9-7(10,11)5-2-1-3-6(4-5)8(12,13)14;2*1-6-3-2-4-7(5-6)8(9,10)11;1-7-4-3-5-8(2)6-7;4*7-2-1-3(8)5(10)6(11)4(2)9;4*7-4-2-1-3-5(8)6(4)9;;;/h2-4H;2*3-5H,1H3;4-6H,1-2H3;;;;;4*2-3H;;;/q;;;;;;;;;;;;3*-1. The molecule has 0 fully saturated rings. The fourth-order valence-corrected chi connectivity index (χ4v) is 51.8. The molecule has 0 N–H and O–H groups in total. The molecule has 0 heterocycles. The molecule has 47 heteroatoms. The van der Waals surface area contributed by atoms with Crippen LogP contribution in [-0.4, -0.2) is 45.1 Å². The van der Waals surface area contributed by atoms with Crippen molar-refractivity contribution in [1.29, 1.82) is 0 Å². The van der Waals surface area contributed by atoms with Crippen molar-refractivity contribution >= 4 is 94.5 Å². The molecule has 0 nitrogen and oxygen atoms in total. The Morgan fingerprint density at radius 1 is 0.142 bits per heavy atom. The van der Waals surface area contributed by atoms with Crippen molar-refractivity contribution in [2.45, 2.75) is 52.4 Å². The summed E-state index contributed by atoms with van der Waals surface area (Å²) in [7, 11) is 0. The van der Waals surface area contributed by atoms with Gasteiger partial charge in [0.2, 0.25) is 0 Å². The molecular weight excluding hydrogens is 2010 g/mol. The van der Waals surface area contributed by atoms with Crippen molar-refractivity contribution in [3.63, 3.8) is 0 Å². The molecule has 0 saturated heterocycles. The summed E-state index contributed by atoms with van der Waals surface area (Å²) in [5, 5.41) is 0. The van der Waals surface area contributed by atoms with Crippen molar-refractivity contribution in [3.05, 3.63) is 352 Å². The Labute approximate surface area is 688 Å². The maximum absolute atomic E-state index is 15.4. The SMILES string of the molecule is Cc1cc(C)c[c]([Ga-]([c]2cc(C)cc(C(F)(F)F)c2)([c]2cc(C)cc(C(F)(F)F)c2)[c]2cc(C(F)(F)F)cc(C(F)(F)F)c2)c1.Fc1c(F)c(F)[c]([Ga-]([c]2c(F)c(F)c(F)c(F)c2F)([c]2c(F)c(F)c(F)c(F)c2F)[c]2c(F)c(F)c(F)c(F)c2F)c(F)c1F.Fc1c[c]([Ga-]([c]2cc(F)c(F)c(F)c2)([c]2cc(F)c(F)c(F)c2)[c]2cc(F)c(F)c(F)c2)cc(F)c1F. The summed E-state index contributed by atoms with van der Waals surface area (Å²) in [6, 6.07) is 12.3. The maximum atomic E-state index is 15.4. The molecule has 0 atom stereocenters. The van der Waals surface area contributed by atoms with Gasteiger partial charge in [-0.1, -0.05) is 0 Å². The normalized spacial score (nSPS) is 12.4. The molecule has 12 aromatic rings. The number of rotatable bonds is 12. The van der Waals surface area contributed by atoms with E-state index in [1.54, 1.807) is 19.9 Å². The van der Waals surface area contributed by atoms with Crippen LogP contribution in [0.1, 0.15) is 44.5 Å². The van der Waals surface area contributed by atoms with E-state index < -0.39 is 315 Å². The first-order chi connectivity index (χ1) is 58.4. The molecule has 0 amide bonds. The second kappa shape index (κ2) is 35.2. The van der Waals surface area contributed by atoms with Gasteiger partial charge in [-0.15, -0.1) is 0 Å². The van der Waals surface area contributed by atoms with Crippen LogP contribution in [0.4, 0.5) is 193 Å². The van der Waals surface area contributed by atoms with E-state index in [1.807, 2.05) is 0 Å². The molecule has 0 aromatic heterocycles. The summed E-state index contributed by atoms with van der Waals surface area (Å²) in [6.45, 7) is 5.66. The van der Waals surface area contributed by atoms with Crippen LogP contribution >= 0.6 is 0 Å². The van der Waals surface area contributed by atoms with E-state index in [0.717, 1.165) is 12.1 Å². The van der Waals surface area contributed by atoms with Gasteiger partial charge in [0.05, 0.1) is 0 Å². The molecule has 0 radical (unpaired) electrons. The van der Waals surface area contributed by atoms with Gasteiger partial charge in [0, 0.05) is 0 Å². The van der Waals surface area contributed by atoms with Gasteiger partial charge in [0.1, 0.15) is 0 Å². The third-order valence-corrected chi connectivity index (χ3v) is 54.3. The average molecular weight is 2040 g/mol. The molecule has 12 rings (SSSR count). The molecule has 0 aliphatic heterocycles. The molecule has 12 aromatic carbocycles. The molecule has 0 bridgehead atoms. The van der Waals surface area contributed by atoms with Crippen LogP contribution in [-0.2, 0) is 24.7 Å². The molecular formula is C80H32F44Ga3-3. The Morgan fingerprint density at radius 2 is 0.276 bits per heavy atom. The monoisotopic (exact) mass is 2030 g/mol. The predicted octanol–water partition coefficient (Wildman–Crippen LogP) is 19.0. The first-order valence-corrected chi connectivity index (χ1v) is 48.9. The van der Waals surface area contributed by atoms with Crippen molar-refractivity contribution in [2.24, 2.45) is 0 Å². The van der Waals surface area contributed by atoms with Gasteiger partial charge in [0.25, 0.3) is 0 Å². The van der Waals surface area contributed by atoms with Crippen LogP contribution in [0.3, 0.4) is 0 Å². The molecule has 0 aliphatic rings. The average Bonchev–Trinajstić information content (AvgIpc) is 0.676. The molecule has 0 spiro atoms. The zero-order valence-corrected chi connectivity index (χ0v) is 69.2. The summed E-state index contributed by atoms with van der Waals surface area (Å²) in [6.07, 6.45) is -20.6. The Morgan fingerprint density at radius 3 is 0.449 bits per heavy atom. The number of benzene rings is 12. The second-order valence-corrected chi connectivity index (χ2v) is 55.2. The van der Waals surface area contributed by atoms with E-state index >= 15 is 35.1 Å². The van der Waals surface area contributed by atoms with E-state index in [9.17, 15) is 158 Å². The van der Waals surface area contributed by atoms with Crippen molar-refractivity contribution in [2.75, 3.05) is 0 Å². The van der Waals surface area contributed by atoms with E-state index in [1.165, 1.54) is 38.1 Å². The Bertz CT molecular complexity index is 5660. The van der Waals surface area contributed by atoms with Crippen molar-refractivity contribution in [1.82, 2.24) is 0 Å². The van der Waals surface area contributed by atoms with Gasteiger partial charge in [-0.2, -0.15) is 0 Å². The third-order valence-electron chi connectivity index (χ3n) is 20.4. The topological polar surface area (TPSA) is 0 Å². The fraction of sp³-hybridized carbons (Fsp3) is 0.100.